The van der Waals surface area contributed by atoms with Gasteiger partial charge in [0.2, 0.25) is 0 Å². The maximum absolute atomic E-state index is 12.9. The number of unbranched alkanes of at least 4 members (excludes halogenated alkanes) is 29. The van der Waals surface area contributed by atoms with Crippen molar-refractivity contribution >= 4 is 17.9 Å². The molecule has 74 heavy (non-hydrogen) atoms. The van der Waals surface area contributed by atoms with E-state index in [1.54, 1.807) is 0 Å². The Labute approximate surface area is 457 Å². The van der Waals surface area contributed by atoms with Gasteiger partial charge in [-0.2, -0.15) is 0 Å². The zero-order chi connectivity index (χ0) is 53.6. The maximum atomic E-state index is 12.9. The van der Waals surface area contributed by atoms with E-state index < -0.39 is 6.10 Å². The molecule has 0 aliphatic carbocycles. The number of carbonyl (C=O) groups is 3. The number of rotatable bonds is 56. The van der Waals surface area contributed by atoms with Crippen LogP contribution in [0, 0.1) is 0 Å². The van der Waals surface area contributed by atoms with Crippen molar-refractivity contribution in [3.63, 3.8) is 0 Å². The normalized spacial score (nSPS) is 12.7. The fourth-order valence-corrected chi connectivity index (χ4v) is 8.62. The lowest BCUT2D eigenvalue weighted by atomic mass is 10.0. The zero-order valence-electron chi connectivity index (χ0n) is 48.6. The molecule has 0 bridgehead atoms. The van der Waals surface area contributed by atoms with Crippen LogP contribution in [0.4, 0.5) is 0 Å². The van der Waals surface area contributed by atoms with Crippen molar-refractivity contribution in [1.82, 2.24) is 0 Å². The van der Waals surface area contributed by atoms with Crippen LogP contribution < -0.4 is 0 Å². The van der Waals surface area contributed by atoms with Crippen LogP contribution in [0.3, 0.4) is 0 Å². The summed E-state index contributed by atoms with van der Waals surface area (Å²) >= 11 is 0. The average molecular weight is 1030 g/mol. The molecule has 0 rings (SSSR count). The lowest BCUT2D eigenvalue weighted by molar-refractivity contribution is -0.167. The fourth-order valence-electron chi connectivity index (χ4n) is 8.62. The van der Waals surface area contributed by atoms with Crippen molar-refractivity contribution in [2.45, 2.75) is 303 Å². The van der Waals surface area contributed by atoms with E-state index in [1.807, 2.05) is 0 Å². The predicted molar refractivity (Wildman–Crippen MR) is 320 cm³/mol. The first-order valence-electron chi connectivity index (χ1n) is 31.2. The van der Waals surface area contributed by atoms with Crippen LogP contribution in [-0.4, -0.2) is 37.2 Å². The van der Waals surface area contributed by atoms with Gasteiger partial charge in [0.15, 0.2) is 6.10 Å². The molecule has 0 fully saturated rings. The predicted octanol–water partition coefficient (Wildman–Crippen LogP) is 21.3. The number of hydrogen-bond acceptors (Lipinski definition) is 6. The SMILES string of the molecule is CC/C=C\C/C=C\C/C=C\C/C=C\C/C=C\CCCCCCCCCCCCCC(=O)OCC(COC(=O)CCCCCCC/C=C\C/C=C\CCC)OC(=O)CCCCCCC/C=C\CCCCCCCCC. The van der Waals surface area contributed by atoms with E-state index in [9.17, 15) is 14.4 Å². The Morgan fingerprint density at radius 1 is 0.284 bits per heavy atom. The van der Waals surface area contributed by atoms with Crippen LogP contribution in [0.15, 0.2) is 97.2 Å². The molecule has 0 aromatic heterocycles. The van der Waals surface area contributed by atoms with Crippen LogP contribution >= 0.6 is 0 Å². The van der Waals surface area contributed by atoms with Crippen molar-refractivity contribution < 1.29 is 28.6 Å². The van der Waals surface area contributed by atoms with Gasteiger partial charge in [-0.1, -0.05) is 259 Å². The van der Waals surface area contributed by atoms with E-state index in [0.717, 1.165) is 135 Å². The molecule has 0 heterocycles. The molecular weight excluding hydrogens is 913 g/mol. The minimum absolute atomic E-state index is 0.0861. The first-order chi connectivity index (χ1) is 36.5. The second-order valence-corrected chi connectivity index (χ2v) is 20.6. The van der Waals surface area contributed by atoms with E-state index in [1.165, 1.54) is 122 Å². The van der Waals surface area contributed by atoms with Crippen molar-refractivity contribution in [1.29, 1.82) is 0 Å². The molecule has 0 aromatic rings. The van der Waals surface area contributed by atoms with E-state index in [2.05, 4.69) is 118 Å². The fraction of sp³-hybridized carbons (Fsp3) is 0.721. The third-order valence-corrected chi connectivity index (χ3v) is 13.3. The molecular formula is C68H116O6. The van der Waals surface area contributed by atoms with E-state index in [4.69, 9.17) is 14.2 Å². The zero-order valence-corrected chi connectivity index (χ0v) is 48.6. The Morgan fingerprint density at radius 3 is 0.892 bits per heavy atom. The largest absolute Gasteiger partial charge is 0.462 e. The minimum Gasteiger partial charge on any atom is -0.462 e. The Hall–Kier alpha value is -3.67. The van der Waals surface area contributed by atoms with Gasteiger partial charge in [-0.05, 0) is 116 Å². The molecule has 0 N–H and O–H groups in total. The summed E-state index contributed by atoms with van der Waals surface area (Å²) < 4.78 is 16.9. The van der Waals surface area contributed by atoms with Crippen molar-refractivity contribution in [3.05, 3.63) is 97.2 Å². The third kappa shape index (κ3) is 59.2. The van der Waals surface area contributed by atoms with Gasteiger partial charge in [-0.25, -0.2) is 0 Å². The highest BCUT2D eigenvalue weighted by Crippen LogP contribution is 2.16. The van der Waals surface area contributed by atoms with E-state index >= 15 is 0 Å². The average Bonchev–Trinajstić information content (AvgIpc) is 3.40. The highest BCUT2D eigenvalue weighted by molar-refractivity contribution is 5.71. The minimum atomic E-state index is -0.790. The topological polar surface area (TPSA) is 78.9 Å². The second kappa shape index (κ2) is 61.9. The first kappa shape index (κ1) is 70.3. The molecule has 0 radical (unpaired) electrons. The quantitative estimate of drug-likeness (QED) is 0.0261. The van der Waals surface area contributed by atoms with Crippen LogP contribution in [0.2, 0.25) is 0 Å². The standard InChI is InChI=1S/C68H116O6/c1-4-7-10-13-16-19-22-25-27-29-30-31-32-33-34-35-36-37-38-39-41-43-46-49-52-55-58-61-67(70)73-64-65(63-72-66(69)60-57-54-51-48-45-42-24-21-18-15-12-9-6-3)74-68(71)62-59-56-53-50-47-44-40-28-26-23-20-17-14-11-8-5-2/h7,10,12,15-16,19,21,24-25,27-28,30-31,33-34,40,65H,4-6,8-9,11,13-14,17-18,20,22-23,26,29,32,35-39,41-64H2,1-3H3/b10-7-,15-12-,19-16-,24-21-,27-25-,31-30-,34-33-,40-28-. The van der Waals surface area contributed by atoms with E-state index in [-0.39, 0.29) is 31.1 Å². The summed E-state index contributed by atoms with van der Waals surface area (Å²) in [6.45, 7) is 6.46. The summed E-state index contributed by atoms with van der Waals surface area (Å²) in [6, 6.07) is 0. The second-order valence-electron chi connectivity index (χ2n) is 20.6. The number of allylic oxidation sites excluding steroid dienone is 16. The summed E-state index contributed by atoms with van der Waals surface area (Å²) in [5, 5.41) is 0. The number of carbonyl (C=O) groups excluding carboxylic acids is 3. The van der Waals surface area contributed by atoms with Crippen LogP contribution in [0.25, 0.3) is 0 Å². The molecule has 6 nitrogen and oxygen atoms in total. The van der Waals surface area contributed by atoms with Crippen LogP contribution in [0.1, 0.15) is 297 Å². The van der Waals surface area contributed by atoms with E-state index in [0.29, 0.717) is 19.3 Å². The molecule has 0 aliphatic rings. The van der Waals surface area contributed by atoms with Crippen molar-refractivity contribution in [2.75, 3.05) is 13.2 Å². The van der Waals surface area contributed by atoms with Gasteiger partial charge in [-0.3, -0.25) is 14.4 Å². The summed E-state index contributed by atoms with van der Waals surface area (Å²) in [7, 11) is 0. The monoisotopic (exact) mass is 1030 g/mol. The number of ether oxygens (including phenoxy) is 3. The van der Waals surface area contributed by atoms with Crippen LogP contribution in [-0.2, 0) is 28.6 Å². The Kier molecular flexibility index (Phi) is 58.8. The van der Waals surface area contributed by atoms with Crippen molar-refractivity contribution in [3.8, 4) is 0 Å². The molecule has 0 spiro atoms. The highest BCUT2D eigenvalue weighted by atomic mass is 16.6. The lowest BCUT2D eigenvalue weighted by Crippen LogP contribution is -2.30. The Morgan fingerprint density at radius 2 is 0.554 bits per heavy atom. The first-order valence-corrected chi connectivity index (χ1v) is 31.2. The summed E-state index contributed by atoms with van der Waals surface area (Å²) in [5.41, 5.74) is 0. The van der Waals surface area contributed by atoms with Crippen LogP contribution in [0.5, 0.6) is 0 Å². The van der Waals surface area contributed by atoms with Gasteiger partial charge in [0.25, 0.3) is 0 Å². The Bertz CT molecular complexity index is 1460. The lowest BCUT2D eigenvalue weighted by Gasteiger charge is -2.18. The van der Waals surface area contributed by atoms with Gasteiger partial charge in [0.1, 0.15) is 13.2 Å². The Balaban J connectivity index is 4.30. The molecule has 0 aromatic carbocycles. The number of esters is 3. The molecule has 0 saturated carbocycles. The summed E-state index contributed by atoms with van der Waals surface area (Å²) in [6.07, 6.45) is 82.7. The molecule has 424 valence electrons. The summed E-state index contributed by atoms with van der Waals surface area (Å²) in [5.74, 6) is -0.904. The molecule has 0 aliphatic heterocycles. The summed E-state index contributed by atoms with van der Waals surface area (Å²) in [4.78, 5) is 38.2. The van der Waals surface area contributed by atoms with Gasteiger partial charge in [-0.15, -0.1) is 0 Å². The molecule has 6 heteroatoms. The third-order valence-electron chi connectivity index (χ3n) is 13.3. The number of hydrogen-bond donors (Lipinski definition) is 0. The van der Waals surface area contributed by atoms with Crippen molar-refractivity contribution in [2.24, 2.45) is 0 Å². The smallest absolute Gasteiger partial charge is 0.306 e. The van der Waals surface area contributed by atoms with Gasteiger partial charge in [0.05, 0.1) is 0 Å². The van der Waals surface area contributed by atoms with Gasteiger partial charge in [0, 0.05) is 19.3 Å². The molecule has 1 unspecified atom stereocenters. The highest BCUT2D eigenvalue weighted by Gasteiger charge is 2.19. The molecule has 1 atom stereocenters. The molecule has 0 saturated heterocycles. The molecule has 0 amide bonds. The van der Waals surface area contributed by atoms with Gasteiger partial charge < -0.3 is 14.2 Å². The van der Waals surface area contributed by atoms with Gasteiger partial charge >= 0.3 is 17.9 Å². The maximum Gasteiger partial charge on any atom is 0.306 e.